The van der Waals surface area contributed by atoms with Crippen molar-refractivity contribution in [3.63, 3.8) is 0 Å². The molecule has 0 atom stereocenters. The molecule has 3 rings (SSSR count). The van der Waals surface area contributed by atoms with E-state index in [0.717, 1.165) is 16.2 Å². The van der Waals surface area contributed by atoms with Crippen LogP contribution in [0.5, 0.6) is 0 Å². The van der Waals surface area contributed by atoms with Crippen LogP contribution in [0.3, 0.4) is 0 Å². The van der Waals surface area contributed by atoms with E-state index in [4.69, 9.17) is 21.1 Å². The fraction of sp³-hybridized carbons (Fsp3) is 0.300. The zero-order valence-corrected chi connectivity index (χ0v) is 16.3. The van der Waals surface area contributed by atoms with Crippen LogP contribution in [0.25, 0.3) is 0 Å². The zero-order valence-electron chi connectivity index (χ0n) is 14.7. The number of hydrogen-bond acceptors (Lipinski definition) is 5. The molecular weight excluding hydrogens is 386 g/mol. The van der Waals surface area contributed by atoms with Crippen LogP contribution in [0.15, 0.2) is 53.4 Å². The summed E-state index contributed by atoms with van der Waals surface area (Å²) < 4.78 is 10.4. The third kappa shape index (κ3) is 5.99. The summed E-state index contributed by atoms with van der Waals surface area (Å²) in [5.41, 5.74) is 1.45. The van der Waals surface area contributed by atoms with E-state index in [1.54, 1.807) is 28.8 Å². The molecule has 0 bridgehead atoms. The second kappa shape index (κ2) is 9.78. The average Bonchev–Trinajstić information content (AvgIpc) is 2.72. The highest BCUT2D eigenvalue weighted by Crippen LogP contribution is 2.24. The van der Waals surface area contributed by atoms with Gasteiger partial charge in [-0.25, -0.2) is 4.79 Å². The van der Waals surface area contributed by atoms with Gasteiger partial charge in [0.15, 0.2) is 6.61 Å². The number of thioether (sulfide) groups is 1. The fourth-order valence-electron chi connectivity index (χ4n) is 2.60. The number of halogens is 1. The number of ether oxygens (including phenoxy) is 2. The number of hydrogen-bond donors (Lipinski definition) is 0. The van der Waals surface area contributed by atoms with Gasteiger partial charge in [0.25, 0.3) is 5.91 Å². The van der Waals surface area contributed by atoms with E-state index in [1.807, 2.05) is 36.4 Å². The normalized spacial score (nSPS) is 14.0. The number of esters is 1. The molecule has 2 aromatic rings. The molecule has 1 aliphatic rings. The lowest BCUT2D eigenvalue weighted by Crippen LogP contribution is -2.42. The second-order valence-corrected chi connectivity index (χ2v) is 7.50. The Hall–Kier alpha value is -2.02. The lowest BCUT2D eigenvalue weighted by molar-refractivity contribution is -0.138. The fourth-order valence-corrected chi connectivity index (χ4v) is 3.57. The maximum absolute atomic E-state index is 12.3. The van der Waals surface area contributed by atoms with Crippen LogP contribution in [-0.4, -0.2) is 49.7 Å². The molecule has 142 valence electrons. The molecule has 1 aliphatic heterocycles. The molecule has 7 heteroatoms. The topological polar surface area (TPSA) is 55.8 Å². The van der Waals surface area contributed by atoms with Crippen LogP contribution < -0.4 is 0 Å². The third-order valence-electron chi connectivity index (χ3n) is 4.07. The highest BCUT2D eigenvalue weighted by atomic mass is 35.5. The summed E-state index contributed by atoms with van der Waals surface area (Å²) in [5, 5.41) is 0.704. The van der Waals surface area contributed by atoms with Gasteiger partial charge in [-0.15, -0.1) is 11.8 Å². The SMILES string of the molecule is O=C(OCC(=O)N1CCOCC1)c1cccc(CSc2ccc(Cl)cc2)c1. The van der Waals surface area contributed by atoms with Crippen molar-refractivity contribution in [2.24, 2.45) is 0 Å². The monoisotopic (exact) mass is 405 g/mol. The summed E-state index contributed by atoms with van der Waals surface area (Å²) in [6.45, 7) is 1.87. The van der Waals surface area contributed by atoms with Crippen LogP contribution >= 0.6 is 23.4 Å². The Morgan fingerprint density at radius 3 is 2.59 bits per heavy atom. The van der Waals surface area contributed by atoms with Gasteiger partial charge in [0.2, 0.25) is 0 Å². The third-order valence-corrected chi connectivity index (χ3v) is 5.41. The minimum Gasteiger partial charge on any atom is -0.452 e. The standard InChI is InChI=1S/C20H20ClNO4S/c21-17-4-6-18(7-5-17)27-14-15-2-1-3-16(12-15)20(24)26-13-19(23)22-8-10-25-11-9-22/h1-7,12H,8-11,13-14H2. The van der Waals surface area contributed by atoms with Crippen LogP contribution in [0.2, 0.25) is 5.02 Å². The molecule has 1 saturated heterocycles. The number of morpholine rings is 1. The summed E-state index contributed by atoms with van der Waals surface area (Å²) in [6, 6.07) is 14.9. The average molecular weight is 406 g/mol. The first-order chi connectivity index (χ1) is 13.1. The molecule has 0 aliphatic carbocycles. The van der Waals surface area contributed by atoms with Crippen molar-refractivity contribution in [3.05, 3.63) is 64.7 Å². The number of benzene rings is 2. The van der Waals surface area contributed by atoms with E-state index in [2.05, 4.69) is 0 Å². The van der Waals surface area contributed by atoms with Crippen molar-refractivity contribution in [2.45, 2.75) is 10.6 Å². The van der Waals surface area contributed by atoms with E-state index >= 15 is 0 Å². The first-order valence-electron chi connectivity index (χ1n) is 8.62. The Balaban J connectivity index is 1.51. The number of amides is 1. The van der Waals surface area contributed by atoms with Gasteiger partial charge < -0.3 is 14.4 Å². The van der Waals surface area contributed by atoms with E-state index in [0.29, 0.717) is 36.9 Å². The molecule has 0 radical (unpaired) electrons. The van der Waals surface area contributed by atoms with Crippen LogP contribution in [0.1, 0.15) is 15.9 Å². The molecule has 1 heterocycles. The van der Waals surface area contributed by atoms with E-state index in [-0.39, 0.29) is 12.5 Å². The van der Waals surface area contributed by atoms with Gasteiger partial charge in [0.1, 0.15) is 0 Å². The lowest BCUT2D eigenvalue weighted by Gasteiger charge is -2.26. The van der Waals surface area contributed by atoms with Gasteiger partial charge in [0, 0.05) is 28.8 Å². The van der Waals surface area contributed by atoms with Gasteiger partial charge >= 0.3 is 5.97 Å². The molecule has 1 fully saturated rings. The van der Waals surface area contributed by atoms with Gasteiger partial charge in [0.05, 0.1) is 18.8 Å². The Kier molecular flexibility index (Phi) is 7.15. The van der Waals surface area contributed by atoms with E-state index in [1.165, 1.54) is 0 Å². The quantitative estimate of drug-likeness (QED) is 0.542. The molecule has 0 N–H and O–H groups in total. The Morgan fingerprint density at radius 1 is 1.11 bits per heavy atom. The summed E-state index contributed by atoms with van der Waals surface area (Å²) >= 11 is 7.55. The van der Waals surface area contributed by atoms with Crippen molar-refractivity contribution in [3.8, 4) is 0 Å². The lowest BCUT2D eigenvalue weighted by atomic mass is 10.1. The molecule has 1 amide bonds. The van der Waals surface area contributed by atoms with Crippen molar-refractivity contribution in [1.29, 1.82) is 0 Å². The highest BCUT2D eigenvalue weighted by molar-refractivity contribution is 7.98. The molecule has 0 aromatic heterocycles. The number of carbonyl (C=O) groups is 2. The number of rotatable bonds is 6. The van der Waals surface area contributed by atoms with E-state index in [9.17, 15) is 9.59 Å². The largest absolute Gasteiger partial charge is 0.452 e. The van der Waals surface area contributed by atoms with Gasteiger partial charge in [-0.3, -0.25) is 4.79 Å². The molecule has 0 spiro atoms. The van der Waals surface area contributed by atoms with Crippen LogP contribution in [-0.2, 0) is 20.0 Å². The zero-order chi connectivity index (χ0) is 19.1. The molecular formula is C20H20ClNO4S. The van der Waals surface area contributed by atoms with E-state index < -0.39 is 5.97 Å². The van der Waals surface area contributed by atoms with Crippen molar-refractivity contribution < 1.29 is 19.1 Å². The predicted molar refractivity (Wildman–Crippen MR) is 105 cm³/mol. The van der Waals surface area contributed by atoms with Gasteiger partial charge in [-0.2, -0.15) is 0 Å². The summed E-state index contributed by atoms with van der Waals surface area (Å²) in [6.07, 6.45) is 0. The summed E-state index contributed by atoms with van der Waals surface area (Å²) in [7, 11) is 0. The molecule has 0 saturated carbocycles. The van der Waals surface area contributed by atoms with Crippen LogP contribution in [0.4, 0.5) is 0 Å². The molecule has 2 aromatic carbocycles. The summed E-state index contributed by atoms with van der Waals surface area (Å²) in [4.78, 5) is 27.1. The van der Waals surface area contributed by atoms with Crippen LogP contribution in [0, 0.1) is 0 Å². The number of carbonyl (C=O) groups excluding carboxylic acids is 2. The smallest absolute Gasteiger partial charge is 0.338 e. The maximum Gasteiger partial charge on any atom is 0.338 e. The Labute approximate surface area is 167 Å². The second-order valence-electron chi connectivity index (χ2n) is 6.01. The van der Waals surface area contributed by atoms with Gasteiger partial charge in [-0.1, -0.05) is 23.7 Å². The maximum atomic E-state index is 12.3. The minimum atomic E-state index is -0.491. The molecule has 5 nitrogen and oxygen atoms in total. The van der Waals surface area contributed by atoms with Crippen molar-refractivity contribution >= 4 is 35.2 Å². The van der Waals surface area contributed by atoms with Gasteiger partial charge in [-0.05, 0) is 42.0 Å². The van der Waals surface area contributed by atoms with Crippen molar-refractivity contribution in [2.75, 3.05) is 32.9 Å². The van der Waals surface area contributed by atoms with Crippen molar-refractivity contribution in [1.82, 2.24) is 4.90 Å². The number of nitrogens with zero attached hydrogens (tertiary/aromatic N) is 1. The Bertz CT molecular complexity index is 791. The molecule has 27 heavy (non-hydrogen) atoms. The highest BCUT2D eigenvalue weighted by Gasteiger charge is 2.18. The Morgan fingerprint density at radius 2 is 1.85 bits per heavy atom. The first-order valence-corrected chi connectivity index (χ1v) is 9.98. The minimum absolute atomic E-state index is 0.193. The predicted octanol–water partition coefficient (Wildman–Crippen LogP) is 3.65. The molecule has 0 unspecified atom stereocenters. The summed E-state index contributed by atoms with van der Waals surface area (Å²) in [5.74, 6) is 0.0335. The first kappa shape index (κ1) is 19.7.